The fourth-order valence-corrected chi connectivity index (χ4v) is 8.05. The lowest BCUT2D eigenvalue weighted by Gasteiger charge is -2.25. The van der Waals surface area contributed by atoms with Crippen LogP contribution in [0.1, 0.15) is 52.7 Å². The summed E-state index contributed by atoms with van der Waals surface area (Å²) in [6, 6.07) is 39.3. The molecule has 9 rings (SSSR count). The summed E-state index contributed by atoms with van der Waals surface area (Å²) < 4.78 is 11.5. The van der Waals surface area contributed by atoms with Crippen LogP contribution in [-0.4, -0.2) is 27.8 Å². The molecule has 0 saturated heterocycles. The summed E-state index contributed by atoms with van der Waals surface area (Å²) in [7, 11) is 4.38. The molecule has 1 aliphatic rings. The second kappa shape index (κ2) is 11.4. The molecular weight excluding hydrogens is 639 g/mol. The molecule has 5 aromatic carbocycles. The molecule has 0 atom stereocenters. The molecule has 0 amide bonds. The van der Waals surface area contributed by atoms with Crippen LogP contribution in [0.3, 0.4) is 0 Å². The predicted molar refractivity (Wildman–Crippen MR) is 218 cm³/mol. The lowest BCUT2D eigenvalue weighted by atomic mass is 9.86. The van der Waals surface area contributed by atoms with Crippen molar-refractivity contribution in [1.82, 2.24) is 14.1 Å². The normalized spacial score (nSPS) is 13.6. The van der Waals surface area contributed by atoms with Gasteiger partial charge in [-0.05, 0) is 82.6 Å². The average Bonchev–Trinajstić information content (AvgIpc) is 3.74. The van der Waals surface area contributed by atoms with Gasteiger partial charge < -0.3 is 19.1 Å². The number of pyridine rings is 1. The van der Waals surface area contributed by atoms with Crippen molar-refractivity contribution < 1.29 is 4.74 Å². The lowest BCUT2D eigenvalue weighted by molar-refractivity contribution is 0.479. The Labute approximate surface area is 305 Å². The number of nitrogens with zero attached hydrogens (tertiary/aromatic N) is 5. The van der Waals surface area contributed by atoms with E-state index in [2.05, 4.69) is 184 Å². The number of para-hydroxylation sites is 2. The molecule has 6 nitrogen and oxygen atoms in total. The Kier molecular flexibility index (Phi) is 7.04. The molecule has 0 radical (unpaired) electrons. The van der Waals surface area contributed by atoms with Gasteiger partial charge in [-0.25, -0.2) is 4.98 Å². The van der Waals surface area contributed by atoms with Crippen LogP contribution in [0, 0.1) is 0 Å². The Bertz CT molecular complexity index is 2700. The lowest BCUT2D eigenvalue weighted by Crippen LogP contribution is -2.24. The van der Waals surface area contributed by atoms with Crippen LogP contribution < -0.4 is 14.5 Å². The van der Waals surface area contributed by atoms with Crippen molar-refractivity contribution in [2.75, 3.05) is 23.5 Å². The summed E-state index contributed by atoms with van der Waals surface area (Å²) in [5.41, 5.74) is 10.7. The van der Waals surface area contributed by atoms with E-state index in [0.717, 1.165) is 40.7 Å². The first kappa shape index (κ1) is 32.2. The minimum Gasteiger partial charge on any atom is -0.457 e. The Morgan fingerprint density at radius 2 is 1.27 bits per heavy atom. The largest absolute Gasteiger partial charge is 0.457 e. The van der Waals surface area contributed by atoms with Crippen molar-refractivity contribution >= 4 is 60.7 Å². The molecule has 0 aliphatic carbocycles. The fraction of sp³-hybridized carbons (Fsp3) is 0.239. The highest BCUT2D eigenvalue weighted by Gasteiger charge is 2.30. The van der Waals surface area contributed by atoms with E-state index >= 15 is 0 Å². The molecule has 52 heavy (non-hydrogen) atoms. The van der Waals surface area contributed by atoms with E-state index < -0.39 is 0 Å². The number of fused-ring (bicyclic) bond motifs is 8. The second-order valence-electron chi connectivity index (χ2n) is 16.4. The SMILES string of the molecule is CN1CN(c2cc(Oc3ccc4c5ccccc5n(-c5cc(C(C)(C)C)ccn5)c4c3)cc(C(C)(C)C)c2)c2ccc3c4ccccc4n(C)c3c21. The van der Waals surface area contributed by atoms with Crippen molar-refractivity contribution in [1.29, 1.82) is 0 Å². The maximum atomic E-state index is 6.85. The maximum absolute atomic E-state index is 6.85. The maximum Gasteiger partial charge on any atom is 0.137 e. The highest BCUT2D eigenvalue weighted by atomic mass is 16.5. The molecule has 1 aliphatic heterocycles. The van der Waals surface area contributed by atoms with Crippen LogP contribution in [-0.2, 0) is 17.9 Å². The Balaban J connectivity index is 1.16. The van der Waals surface area contributed by atoms with Gasteiger partial charge >= 0.3 is 0 Å². The first-order chi connectivity index (χ1) is 24.9. The van der Waals surface area contributed by atoms with Gasteiger partial charge in [-0.1, -0.05) is 77.9 Å². The van der Waals surface area contributed by atoms with Crippen LogP contribution in [0.5, 0.6) is 11.5 Å². The summed E-state index contributed by atoms with van der Waals surface area (Å²) in [5, 5.41) is 4.94. The van der Waals surface area contributed by atoms with E-state index in [0.29, 0.717) is 0 Å². The first-order valence-corrected chi connectivity index (χ1v) is 18.2. The molecule has 0 bridgehead atoms. The Morgan fingerprint density at radius 1 is 0.596 bits per heavy atom. The number of benzene rings is 5. The van der Waals surface area contributed by atoms with Crippen molar-refractivity contribution in [2.45, 2.75) is 52.4 Å². The molecular formula is C46H45N5O. The van der Waals surface area contributed by atoms with Gasteiger partial charge in [-0.2, -0.15) is 0 Å². The zero-order chi connectivity index (χ0) is 36.1. The third kappa shape index (κ3) is 5.03. The number of aryl methyl sites for hydroxylation is 1. The first-order valence-electron chi connectivity index (χ1n) is 18.2. The molecule has 4 heterocycles. The monoisotopic (exact) mass is 683 g/mol. The molecule has 0 unspecified atom stereocenters. The predicted octanol–water partition coefficient (Wildman–Crippen LogP) is 11.8. The van der Waals surface area contributed by atoms with Crippen LogP contribution in [0.2, 0.25) is 0 Å². The molecule has 0 spiro atoms. The quantitative estimate of drug-likeness (QED) is 0.185. The average molecular weight is 684 g/mol. The summed E-state index contributed by atoms with van der Waals surface area (Å²) in [4.78, 5) is 9.67. The topological polar surface area (TPSA) is 38.5 Å². The minimum atomic E-state index is -0.0809. The molecule has 0 saturated carbocycles. The smallest absolute Gasteiger partial charge is 0.137 e. The van der Waals surface area contributed by atoms with Crippen LogP contribution in [0.25, 0.3) is 49.4 Å². The van der Waals surface area contributed by atoms with Gasteiger partial charge in [0.05, 0.1) is 34.6 Å². The summed E-state index contributed by atoms with van der Waals surface area (Å²) in [6.07, 6.45) is 1.93. The van der Waals surface area contributed by atoms with E-state index in [1.54, 1.807) is 0 Å². The van der Waals surface area contributed by atoms with Gasteiger partial charge in [0.2, 0.25) is 0 Å². The highest BCUT2D eigenvalue weighted by molar-refractivity contribution is 6.15. The molecule has 3 aromatic heterocycles. The zero-order valence-electron chi connectivity index (χ0n) is 31.3. The third-order valence-corrected chi connectivity index (χ3v) is 10.8. The van der Waals surface area contributed by atoms with Gasteiger partial charge in [0.25, 0.3) is 0 Å². The number of ether oxygens (including phenoxy) is 1. The van der Waals surface area contributed by atoms with Gasteiger partial charge in [-0.3, -0.25) is 4.57 Å². The van der Waals surface area contributed by atoms with Crippen molar-refractivity contribution in [3.8, 4) is 17.3 Å². The van der Waals surface area contributed by atoms with Gasteiger partial charge in [-0.15, -0.1) is 0 Å². The summed E-state index contributed by atoms with van der Waals surface area (Å²) in [6.45, 7) is 14.3. The van der Waals surface area contributed by atoms with Crippen LogP contribution >= 0.6 is 0 Å². The van der Waals surface area contributed by atoms with E-state index in [4.69, 9.17) is 9.72 Å². The third-order valence-electron chi connectivity index (χ3n) is 10.8. The van der Waals surface area contributed by atoms with Gasteiger partial charge in [0, 0.05) is 65.2 Å². The van der Waals surface area contributed by atoms with Gasteiger partial charge in [0.15, 0.2) is 0 Å². The molecule has 0 N–H and O–H groups in total. The summed E-state index contributed by atoms with van der Waals surface area (Å²) >= 11 is 0. The minimum absolute atomic E-state index is 0.00608. The van der Waals surface area contributed by atoms with Crippen LogP contribution in [0.4, 0.5) is 17.1 Å². The molecule has 8 aromatic rings. The fourth-order valence-electron chi connectivity index (χ4n) is 8.05. The summed E-state index contributed by atoms with van der Waals surface area (Å²) in [5.74, 6) is 2.51. The number of anilines is 3. The number of aromatic nitrogens is 3. The van der Waals surface area contributed by atoms with Crippen LogP contribution in [0.15, 0.2) is 115 Å². The van der Waals surface area contributed by atoms with Crippen molar-refractivity contribution in [3.05, 3.63) is 127 Å². The van der Waals surface area contributed by atoms with E-state index in [1.165, 1.54) is 55.1 Å². The highest BCUT2D eigenvalue weighted by Crippen LogP contribution is 2.48. The van der Waals surface area contributed by atoms with Crippen molar-refractivity contribution in [3.63, 3.8) is 0 Å². The second-order valence-corrected chi connectivity index (χ2v) is 16.4. The van der Waals surface area contributed by atoms with E-state index in [-0.39, 0.29) is 10.8 Å². The number of hydrogen-bond donors (Lipinski definition) is 0. The van der Waals surface area contributed by atoms with Gasteiger partial charge in [0.1, 0.15) is 17.3 Å². The molecule has 260 valence electrons. The molecule has 0 fully saturated rings. The Morgan fingerprint density at radius 3 is 2.02 bits per heavy atom. The van der Waals surface area contributed by atoms with E-state index in [1.807, 2.05) is 6.20 Å². The zero-order valence-corrected chi connectivity index (χ0v) is 31.3. The van der Waals surface area contributed by atoms with E-state index in [9.17, 15) is 0 Å². The number of rotatable bonds is 4. The van der Waals surface area contributed by atoms with Crippen molar-refractivity contribution in [2.24, 2.45) is 7.05 Å². The Hall–Kier alpha value is -5.75. The molecule has 6 heteroatoms. The standard InChI is InChI=1S/C46H45N5O/c1-45(2,3)29-21-22-47-42(25-29)51-39-16-12-10-13-34(39)36-18-17-32(27-41(36)51)52-33-24-30(46(4,5)6)23-31(26-33)50-28-48(7)44-40(50)20-19-37-35-14-9-11-15-38(35)49(8)43(37)44/h9-27H,28H2,1-8H3. The number of hydrogen-bond acceptors (Lipinski definition) is 4.